The van der Waals surface area contributed by atoms with Gasteiger partial charge in [0.1, 0.15) is 17.6 Å². The van der Waals surface area contributed by atoms with Gasteiger partial charge in [-0.1, -0.05) is 25.1 Å². The fourth-order valence-corrected chi connectivity index (χ4v) is 5.71. The van der Waals surface area contributed by atoms with E-state index < -0.39 is 12.1 Å². The largest absolute Gasteiger partial charge is 0.497 e. The predicted octanol–water partition coefficient (Wildman–Crippen LogP) is 4.75. The Morgan fingerprint density at radius 1 is 1.09 bits per heavy atom. The summed E-state index contributed by atoms with van der Waals surface area (Å²) in [4.78, 5) is 43.2. The summed E-state index contributed by atoms with van der Waals surface area (Å²) in [5.41, 5.74) is 3.29. The molecule has 0 fully saturated rings. The van der Waals surface area contributed by atoms with Crippen molar-refractivity contribution in [2.24, 2.45) is 13.0 Å². The number of rotatable bonds is 9. The number of ether oxygens (including phenoxy) is 2. The van der Waals surface area contributed by atoms with Gasteiger partial charge in [-0.15, -0.1) is 0 Å². The maximum absolute atomic E-state index is 13.8. The van der Waals surface area contributed by atoms with E-state index in [0.29, 0.717) is 29.4 Å². The summed E-state index contributed by atoms with van der Waals surface area (Å²) in [6, 6.07) is 19.2. The first-order valence-corrected chi connectivity index (χ1v) is 15.3. The van der Waals surface area contributed by atoms with Crippen LogP contribution in [0.4, 0.5) is 16.2 Å². The Balaban J connectivity index is 1.35. The molecule has 0 unspecified atom stereocenters. The summed E-state index contributed by atoms with van der Waals surface area (Å²) in [5.74, 6) is 0.324. The van der Waals surface area contributed by atoms with Gasteiger partial charge < -0.3 is 39.6 Å². The number of urea groups is 1. The number of fused-ring (bicyclic) bond motifs is 2. The van der Waals surface area contributed by atoms with Crippen molar-refractivity contribution in [2.45, 2.75) is 32.4 Å². The molecule has 11 nitrogen and oxygen atoms in total. The Hall–Kier alpha value is -5.03. The normalized spacial score (nSPS) is 16.9. The van der Waals surface area contributed by atoms with Crippen LogP contribution in [0.1, 0.15) is 29.8 Å². The maximum atomic E-state index is 13.8. The minimum atomic E-state index is -0.473. The number of aliphatic hydroxyl groups excluding tert-OH is 1. The number of carbonyl (C=O) groups is 3. The van der Waals surface area contributed by atoms with Gasteiger partial charge in [-0.25, -0.2) is 4.79 Å². The number of amides is 4. The lowest BCUT2D eigenvalue weighted by Crippen LogP contribution is -2.50. The summed E-state index contributed by atoms with van der Waals surface area (Å²) < 4.78 is 13.6. The molecule has 0 saturated heterocycles. The van der Waals surface area contributed by atoms with Crippen LogP contribution in [0.5, 0.6) is 11.5 Å². The second-order valence-electron chi connectivity index (χ2n) is 11.9. The lowest BCUT2D eigenvalue weighted by Gasteiger charge is -2.38. The van der Waals surface area contributed by atoms with Crippen LogP contribution in [0.3, 0.4) is 0 Å². The summed E-state index contributed by atoms with van der Waals surface area (Å²) in [5, 5.41) is 16.8. The number of para-hydroxylation sites is 1. The van der Waals surface area contributed by atoms with Gasteiger partial charge in [0.25, 0.3) is 5.91 Å². The van der Waals surface area contributed by atoms with Crippen molar-refractivity contribution in [3.63, 3.8) is 0 Å². The van der Waals surface area contributed by atoms with E-state index >= 15 is 0 Å². The Morgan fingerprint density at radius 2 is 1.80 bits per heavy atom. The molecule has 242 valence electrons. The van der Waals surface area contributed by atoms with Gasteiger partial charge in [-0.05, 0) is 61.0 Å². The van der Waals surface area contributed by atoms with Gasteiger partial charge in [0.05, 0.1) is 38.3 Å². The molecule has 3 N–H and O–H groups in total. The Bertz CT molecular complexity index is 1720. The smallest absolute Gasteiger partial charge is 0.321 e. The van der Waals surface area contributed by atoms with Crippen LogP contribution < -0.4 is 20.1 Å². The average molecular weight is 628 g/mol. The fraction of sp³-hybridized carbons (Fsp3) is 0.343. The number of likely N-dealkylation sites (N-methyl/N-ethyl adjacent to an activating group) is 1. The number of methoxy groups -OCH3 is 1. The van der Waals surface area contributed by atoms with Crippen molar-refractivity contribution in [1.29, 1.82) is 0 Å². The summed E-state index contributed by atoms with van der Waals surface area (Å²) in [6.45, 7) is 4.06. The first-order valence-electron chi connectivity index (χ1n) is 15.3. The third-order valence-corrected chi connectivity index (χ3v) is 8.42. The molecule has 0 bridgehead atoms. The Kier molecular flexibility index (Phi) is 9.81. The zero-order valence-corrected chi connectivity index (χ0v) is 26.8. The molecule has 1 aliphatic rings. The number of hydrogen-bond donors (Lipinski definition) is 3. The minimum Gasteiger partial charge on any atom is -0.497 e. The van der Waals surface area contributed by atoms with E-state index in [9.17, 15) is 19.5 Å². The van der Waals surface area contributed by atoms with Gasteiger partial charge in [0.15, 0.2) is 0 Å². The van der Waals surface area contributed by atoms with Gasteiger partial charge in [-0.3, -0.25) is 9.59 Å². The Morgan fingerprint density at radius 3 is 2.52 bits per heavy atom. The van der Waals surface area contributed by atoms with Crippen LogP contribution in [-0.2, 0) is 18.3 Å². The SMILES string of the molecule is COc1ccc(NC(=O)N(C)C[C@H]2Oc3ccc(NC(=O)Cc4cn(C)c5ccccc45)cc3C(=O)N([C@@H](C)CO)C[C@H]2C)cc1. The van der Waals surface area contributed by atoms with E-state index in [0.717, 1.165) is 16.5 Å². The minimum absolute atomic E-state index is 0.168. The van der Waals surface area contributed by atoms with E-state index in [2.05, 4.69) is 10.6 Å². The number of nitrogens with one attached hydrogen (secondary N) is 2. The molecule has 1 aliphatic heterocycles. The molecule has 11 heteroatoms. The molecule has 4 amide bonds. The third-order valence-electron chi connectivity index (χ3n) is 8.42. The second-order valence-corrected chi connectivity index (χ2v) is 11.9. The van der Waals surface area contributed by atoms with E-state index in [1.807, 2.05) is 49.0 Å². The maximum Gasteiger partial charge on any atom is 0.321 e. The first kappa shape index (κ1) is 32.4. The lowest BCUT2D eigenvalue weighted by molar-refractivity contribution is -0.115. The highest BCUT2D eigenvalue weighted by molar-refractivity contribution is 6.01. The molecule has 5 rings (SSSR count). The number of aromatic nitrogens is 1. The van der Waals surface area contributed by atoms with Crippen LogP contribution in [0.25, 0.3) is 10.9 Å². The van der Waals surface area contributed by atoms with Crippen molar-refractivity contribution >= 4 is 40.1 Å². The van der Waals surface area contributed by atoms with Gasteiger partial charge in [0.2, 0.25) is 5.91 Å². The third kappa shape index (κ3) is 7.10. The summed E-state index contributed by atoms with van der Waals surface area (Å²) in [6.07, 6.45) is 1.64. The molecule has 0 radical (unpaired) electrons. The molecule has 1 aromatic heterocycles. The molecule has 0 spiro atoms. The number of benzene rings is 3. The summed E-state index contributed by atoms with van der Waals surface area (Å²) >= 11 is 0. The zero-order valence-electron chi connectivity index (χ0n) is 26.8. The van der Waals surface area contributed by atoms with Crippen LogP contribution in [0.15, 0.2) is 72.9 Å². The first-order chi connectivity index (χ1) is 22.1. The number of aryl methyl sites for hydroxylation is 1. The van der Waals surface area contributed by atoms with Crippen molar-refractivity contribution in [3.8, 4) is 11.5 Å². The monoisotopic (exact) mass is 627 g/mol. The highest BCUT2D eigenvalue weighted by Gasteiger charge is 2.34. The standard InChI is InChI=1S/C35H41N5O6/c1-22-18-40(23(2)21-41)34(43)29-17-26(36-33(42)16-24-19-38(3)30-9-7-6-8-28(24)30)12-15-31(29)46-32(22)20-39(4)35(44)37-25-10-13-27(45-5)14-11-25/h6-15,17,19,22-23,32,41H,16,18,20-21H2,1-5H3,(H,36,42)(H,37,44)/t22-,23+,32-/m1/s1. The molecule has 0 saturated carbocycles. The van der Waals surface area contributed by atoms with Crippen LogP contribution in [0.2, 0.25) is 0 Å². The highest BCUT2D eigenvalue weighted by atomic mass is 16.5. The predicted molar refractivity (Wildman–Crippen MR) is 178 cm³/mol. The fourth-order valence-electron chi connectivity index (χ4n) is 5.71. The molecule has 4 aromatic rings. The number of nitrogens with zero attached hydrogens (tertiary/aromatic N) is 3. The van der Waals surface area contributed by atoms with Crippen molar-refractivity contribution in [2.75, 3.05) is 44.5 Å². The number of carbonyl (C=O) groups excluding carboxylic acids is 3. The molecule has 46 heavy (non-hydrogen) atoms. The van der Waals surface area contributed by atoms with Crippen LogP contribution in [-0.4, -0.2) is 83.3 Å². The molecular formula is C35H41N5O6. The zero-order chi connectivity index (χ0) is 33.0. The number of anilines is 2. The van der Waals surface area contributed by atoms with Gasteiger partial charge >= 0.3 is 6.03 Å². The molecule has 3 atom stereocenters. The van der Waals surface area contributed by atoms with Gasteiger partial charge in [-0.2, -0.15) is 0 Å². The molecule has 0 aliphatic carbocycles. The second kappa shape index (κ2) is 13.9. The lowest BCUT2D eigenvalue weighted by atomic mass is 9.99. The van der Waals surface area contributed by atoms with Crippen LogP contribution >= 0.6 is 0 Å². The summed E-state index contributed by atoms with van der Waals surface area (Å²) in [7, 11) is 5.21. The van der Waals surface area contributed by atoms with E-state index in [1.165, 1.54) is 4.90 Å². The molecular weight excluding hydrogens is 586 g/mol. The quantitative estimate of drug-likeness (QED) is 0.246. The molecule has 3 aromatic carbocycles. The number of aliphatic hydroxyl groups is 1. The Labute approximate surface area is 268 Å². The van der Waals surface area contributed by atoms with Crippen molar-refractivity contribution in [1.82, 2.24) is 14.4 Å². The van der Waals surface area contributed by atoms with E-state index in [1.54, 1.807) is 68.4 Å². The van der Waals surface area contributed by atoms with Gasteiger partial charge in [0, 0.05) is 55.0 Å². The average Bonchev–Trinajstić information content (AvgIpc) is 3.37. The van der Waals surface area contributed by atoms with E-state index in [4.69, 9.17) is 9.47 Å². The van der Waals surface area contributed by atoms with E-state index in [-0.39, 0.29) is 48.9 Å². The topological polar surface area (TPSA) is 125 Å². The molecule has 2 heterocycles. The number of hydrogen-bond acceptors (Lipinski definition) is 6. The highest BCUT2D eigenvalue weighted by Crippen LogP contribution is 2.31. The van der Waals surface area contributed by atoms with Crippen LogP contribution in [0, 0.1) is 5.92 Å². The van der Waals surface area contributed by atoms with Crippen molar-refractivity contribution < 1.29 is 29.0 Å². The van der Waals surface area contributed by atoms with Crippen molar-refractivity contribution in [3.05, 3.63) is 84.1 Å².